The number of piperidine rings is 1. The minimum Gasteiger partial charge on any atom is -0.350 e. The number of rotatable bonds is 2. The fourth-order valence-corrected chi connectivity index (χ4v) is 2.75. The molecular formula is C15H18N5O2. The summed E-state index contributed by atoms with van der Waals surface area (Å²) in [5.74, 6) is 0.281. The van der Waals surface area contributed by atoms with Crippen LogP contribution in [-0.4, -0.2) is 46.8 Å². The van der Waals surface area contributed by atoms with Crippen LogP contribution in [0.1, 0.15) is 12.8 Å². The van der Waals surface area contributed by atoms with E-state index >= 15 is 0 Å². The zero-order valence-electron chi connectivity index (χ0n) is 12.4. The van der Waals surface area contributed by atoms with Crippen molar-refractivity contribution in [2.75, 3.05) is 25.5 Å². The van der Waals surface area contributed by atoms with Gasteiger partial charge >= 0.3 is 6.03 Å². The number of likely N-dealkylation sites (tertiary alicyclic amines) is 1. The maximum Gasteiger partial charge on any atom is 0.340 e. The van der Waals surface area contributed by atoms with Crippen LogP contribution in [0.15, 0.2) is 18.2 Å². The van der Waals surface area contributed by atoms with Crippen LogP contribution >= 0.6 is 0 Å². The Bertz CT molecular complexity index is 716. The number of primary amides is 1. The first-order valence-electron chi connectivity index (χ1n) is 7.24. The highest BCUT2D eigenvalue weighted by atomic mass is 16.2. The van der Waals surface area contributed by atoms with Crippen LogP contribution < -0.4 is 11.1 Å². The van der Waals surface area contributed by atoms with E-state index in [1.54, 1.807) is 18.2 Å². The van der Waals surface area contributed by atoms with Gasteiger partial charge in [-0.3, -0.25) is 4.79 Å². The number of aromatic nitrogens is 2. The molecule has 1 fully saturated rings. The summed E-state index contributed by atoms with van der Waals surface area (Å²) in [4.78, 5) is 26.0. The Kier molecular flexibility index (Phi) is 3.81. The van der Waals surface area contributed by atoms with E-state index in [2.05, 4.69) is 21.4 Å². The number of nitrogens with two attached hydrogens (primary N) is 1. The lowest BCUT2D eigenvalue weighted by Gasteiger charge is -2.27. The number of nitrogens with one attached hydrogen (secondary N) is 1. The van der Waals surface area contributed by atoms with Crippen molar-refractivity contribution in [2.45, 2.75) is 12.8 Å². The molecule has 0 unspecified atom stereocenters. The van der Waals surface area contributed by atoms with Gasteiger partial charge in [-0.05, 0) is 51.2 Å². The molecule has 1 aliphatic rings. The van der Waals surface area contributed by atoms with E-state index in [-0.39, 0.29) is 11.8 Å². The van der Waals surface area contributed by atoms with Crippen molar-refractivity contribution in [1.82, 2.24) is 14.7 Å². The lowest BCUT2D eigenvalue weighted by Crippen LogP contribution is -2.36. The molecule has 1 radical (unpaired) electrons. The molecule has 7 nitrogen and oxygen atoms in total. The predicted octanol–water partition coefficient (Wildman–Crippen LogP) is 1.04. The van der Waals surface area contributed by atoms with Crippen molar-refractivity contribution in [1.29, 1.82) is 0 Å². The zero-order valence-corrected chi connectivity index (χ0v) is 12.4. The van der Waals surface area contributed by atoms with Gasteiger partial charge in [0.15, 0.2) is 5.82 Å². The Labute approximate surface area is 128 Å². The van der Waals surface area contributed by atoms with Crippen LogP contribution in [0.2, 0.25) is 0 Å². The molecule has 2 heterocycles. The largest absolute Gasteiger partial charge is 0.350 e. The molecule has 1 aromatic heterocycles. The van der Waals surface area contributed by atoms with Gasteiger partial charge in [-0.2, -0.15) is 4.68 Å². The molecule has 0 aliphatic carbocycles. The summed E-state index contributed by atoms with van der Waals surface area (Å²) >= 11 is 0. The highest BCUT2D eigenvalue weighted by Gasteiger charge is 2.25. The molecule has 3 rings (SSSR count). The number of carbonyl (C=O) groups excluding carboxylic acids is 2. The smallest absolute Gasteiger partial charge is 0.340 e. The molecule has 22 heavy (non-hydrogen) atoms. The normalized spacial score (nSPS) is 16.8. The van der Waals surface area contributed by atoms with Gasteiger partial charge in [-0.1, -0.05) is 6.07 Å². The molecule has 1 aliphatic heterocycles. The van der Waals surface area contributed by atoms with Gasteiger partial charge in [0.25, 0.3) is 0 Å². The van der Waals surface area contributed by atoms with Gasteiger partial charge in [0.05, 0.1) is 5.52 Å². The van der Waals surface area contributed by atoms with Gasteiger partial charge < -0.3 is 16.0 Å². The summed E-state index contributed by atoms with van der Waals surface area (Å²) in [5.41, 5.74) is 5.85. The molecule has 2 aromatic rings. The third kappa shape index (κ3) is 2.67. The van der Waals surface area contributed by atoms with E-state index in [4.69, 9.17) is 5.73 Å². The first-order chi connectivity index (χ1) is 10.6. The van der Waals surface area contributed by atoms with Crippen LogP contribution in [0, 0.1) is 12.0 Å². The number of fused-ring (bicyclic) bond motifs is 1. The maximum atomic E-state index is 12.4. The second-order valence-corrected chi connectivity index (χ2v) is 5.61. The second-order valence-electron chi connectivity index (χ2n) is 5.61. The topological polar surface area (TPSA) is 93.2 Å². The Morgan fingerprint density at radius 3 is 2.82 bits per heavy atom. The summed E-state index contributed by atoms with van der Waals surface area (Å²) in [6, 6.07) is 7.28. The summed E-state index contributed by atoms with van der Waals surface area (Å²) in [5, 5.41) is 7.63. The average molecular weight is 300 g/mol. The van der Waals surface area contributed by atoms with Gasteiger partial charge in [0.2, 0.25) is 5.91 Å². The minimum absolute atomic E-state index is 0.0275. The van der Waals surface area contributed by atoms with E-state index in [1.807, 2.05) is 7.05 Å². The van der Waals surface area contributed by atoms with Crippen LogP contribution in [0.4, 0.5) is 10.6 Å². The summed E-state index contributed by atoms with van der Waals surface area (Å²) in [6.45, 7) is 1.81. The number of amides is 2. The molecule has 1 saturated heterocycles. The zero-order chi connectivity index (χ0) is 15.7. The molecule has 0 spiro atoms. The second kappa shape index (κ2) is 5.76. The van der Waals surface area contributed by atoms with E-state index < -0.39 is 6.03 Å². The third-order valence-corrected chi connectivity index (χ3v) is 4.07. The van der Waals surface area contributed by atoms with Crippen LogP contribution in [0.5, 0.6) is 0 Å². The number of benzene rings is 1. The highest BCUT2D eigenvalue weighted by Crippen LogP contribution is 2.24. The Balaban J connectivity index is 1.85. The first-order valence-corrected chi connectivity index (χ1v) is 7.24. The third-order valence-electron chi connectivity index (χ3n) is 4.07. The number of hydrogen-bond donors (Lipinski definition) is 2. The minimum atomic E-state index is -0.690. The molecule has 1 aromatic carbocycles. The van der Waals surface area contributed by atoms with Crippen molar-refractivity contribution in [3.63, 3.8) is 0 Å². The van der Waals surface area contributed by atoms with Gasteiger partial charge in [0, 0.05) is 11.3 Å². The van der Waals surface area contributed by atoms with Crippen molar-refractivity contribution in [2.24, 2.45) is 11.7 Å². The molecule has 2 amide bonds. The average Bonchev–Trinajstić information content (AvgIpc) is 2.87. The number of hydrogen-bond acceptors (Lipinski definition) is 4. The molecule has 115 valence electrons. The van der Waals surface area contributed by atoms with Crippen LogP contribution in [0.3, 0.4) is 0 Å². The van der Waals surface area contributed by atoms with E-state index in [1.165, 1.54) is 0 Å². The van der Waals surface area contributed by atoms with Gasteiger partial charge in [-0.25, -0.2) is 4.79 Å². The van der Waals surface area contributed by atoms with E-state index in [0.717, 1.165) is 30.6 Å². The molecule has 3 N–H and O–H groups in total. The highest BCUT2D eigenvalue weighted by molar-refractivity contribution is 6.03. The summed E-state index contributed by atoms with van der Waals surface area (Å²) < 4.78 is 1.08. The Hall–Kier alpha value is -2.41. The lowest BCUT2D eigenvalue weighted by molar-refractivity contribution is -0.121. The standard InChI is InChI=1S/C15H18N5O2/c1-19-8-6-10(7-9-19)14(21)17-13-11-4-2-3-5-12(11)20(18-13)15(16)22/h2,4-5,10H,6-9H2,1H3,(H2,16,22)(H,17,18,21). The number of anilines is 1. The summed E-state index contributed by atoms with van der Waals surface area (Å²) in [6.07, 6.45) is 1.65. The number of carbonyl (C=O) groups is 2. The Morgan fingerprint density at radius 1 is 1.41 bits per heavy atom. The van der Waals surface area contributed by atoms with Crippen LogP contribution in [-0.2, 0) is 4.79 Å². The SMILES string of the molecule is CN1CCC(C(=O)Nc2nn(C(N)=O)c3c[c]ccc23)CC1. The van der Waals surface area contributed by atoms with Crippen molar-refractivity contribution in [3.8, 4) is 0 Å². The van der Waals surface area contributed by atoms with Crippen molar-refractivity contribution >= 4 is 28.7 Å². The van der Waals surface area contributed by atoms with E-state index in [9.17, 15) is 9.59 Å². The van der Waals surface area contributed by atoms with Crippen molar-refractivity contribution in [3.05, 3.63) is 24.3 Å². The monoisotopic (exact) mass is 300 g/mol. The molecule has 0 bridgehead atoms. The summed E-state index contributed by atoms with van der Waals surface area (Å²) in [7, 11) is 2.05. The fourth-order valence-electron chi connectivity index (χ4n) is 2.75. The lowest BCUT2D eigenvalue weighted by atomic mass is 9.96. The fraction of sp³-hybridized carbons (Fsp3) is 0.400. The molecule has 0 saturated carbocycles. The van der Waals surface area contributed by atoms with E-state index in [0.29, 0.717) is 16.7 Å². The predicted molar refractivity (Wildman–Crippen MR) is 82.4 cm³/mol. The Morgan fingerprint density at radius 2 is 2.14 bits per heavy atom. The van der Waals surface area contributed by atoms with Crippen molar-refractivity contribution < 1.29 is 9.59 Å². The maximum absolute atomic E-state index is 12.4. The van der Waals surface area contributed by atoms with Gasteiger partial charge in [0.1, 0.15) is 0 Å². The quantitative estimate of drug-likeness (QED) is 0.866. The van der Waals surface area contributed by atoms with Gasteiger partial charge in [-0.15, -0.1) is 5.10 Å². The molecular weight excluding hydrogens is 282 g/mol. The molecule has 7 heteroatoms. The first kappa shape index (κ1) is 14.5. The molecule has 0 atom stereocenters. The number of nitrogens with zero attached hydrogens (tertiary/aromatic N) is 3. The van der Waals surface area contributed by atoms with Crippen LogP contribution in [0.25, 0.3) is 10.9 Å².